The smallest absolute Gasteiger partial charge is 0.270 e. The molecule has 0 aliphatic heterocycles. The number of nitro benzene ring substituents is 1. The molecular formula is C16H18N4O5S. The second kappa shape index (κ2) is 7.50. The molecular weight excluding hydrogens is 360 g/mol. The van der Waals surface area contributed by atoms with Crippen molar-refractivity contribution in [2.24, 2.45) is 0 Å². The number of anilines is 2. The quantitative estimate of drug-likeness (QED) is 0.584. The number of nitro groups is 1. The topological polar surface area (TPSA) is 122 Å². The number of carbonyl (C=O) groups excluding carboxylic acids is 1. The first-order valence-electron chi connectivity index (χ1n) is 7.46. The molecule has 10 heteroatoms. The van der Waals surface area contributed by atoms with Crippen LogP contribution in [0, 0.1) is 10.1 Å². The van der Waals surface area contributed by atoms with Crippen LogP contribution < -0.4 is 14.9 Å². The Morgan fingerprint density at radius 2 is 1.73 bits per heavy atom. The summed E-state index contributed by atoms with van der Waals surface area (Å²) in [7, 11) is 1.16. The minimum atomic E-state index is -3.57. The zero-order valence-electron chi connectivity index (χ0n) is 14.4. The Bertz CT molecular complexity index is 940. The lowest BCUT2D eigenvalue weighted by atomic mass is 10.1. The van der Waals surface area contributed by atoms with Gasteiger partial charge in [0, 0.05) is 37.6 Å². The minimum Gasteiger partial charge on any atom is -0.377 e. The van der Waals surface area contributed by atoms with Crippen molar-refractivity contribution in [1.29, 1.82) is 0 Å². The highest BCUT2D eigenvalue weighted by molar-refractivity contribution is 7.89. The number of amides is 1. The van der Waals surface area contributed by atoms with Gasteiger partial charge in [0.05, 0.1) is 15.4 Å². The molecule has 1 amide bonds. The number of sulfonamides is 1. The van der Waals surface area contributed by atoms with E-state index < -0.39 is 20.9 Å². The second-order valence-electron chi connectivity index (χ2n) is 5.54. The monoisotopic (exact) mass is 378 g/mol. The Morgan fingerprint density at radius 1 is 1.12 bits per heavy atom. The molecule has 0 unspecified atom stereocenters. The predicted molar refractivity (Wildman–Crippen MR) is 98.1 cm³/mol. The lowest BCUT2D eigenvalue weighted by molar-refractivity contribution is -0.384. The molecule has 2 N–H and O–H groups in total. The highest BCUT2D eigenvalue weighted by Crippen LogP contribution is 2.25. The summed E-state index contributed by atoms with van der Waals surface area (Å²) in [6.07, 6.45) is 0. The summed E-state index contributed by atoms with van der Waals surface area (Å²) in [6, 6.07) is 9.59. The van der Waals surface area contributed by atoms with Crippen molar-refractivity contribution in [3.05, 3.63) is 58.1 Å². The van der Waals surface area contributed by atoms with Crippen LogP contribution in [0.5, 0.6) is 0 Å². The van der Waals surface area contributed by atoms with Crippen molar-refractivity contribution in [1.82, 2.24) is 4.72 Å². The van der Waals surface area contributed by atoms with E-state index in [1.165, 1.54) is 49.5 Å². The molecule has 0 saturated heterocycles. The van der Waals surface area contributed by atoms with Crippen molar-refractivity contribution in [3.8, 4) is 0 Å². The van der Waals surface area contributed by atoms with Gasteiger partial charge in [0.15, 0.2) is 0 Å². The molecule has 138 valence electrons. The zero-order valence-corrected chi connectivity index (χ0v) is 15.2. The molecule has 0 aliphatic carbocycles. The van der Waals surface area contributed by atoms with Gasteiger partial charge in [0.2, 0.25) is 10.0 Å². The Morgan fingerprint density at radius 3 is 2.23 bits per heavy atom. The van der Waals surface area contributed by atoms with Crippen LogP contribution in [-0.2, 0) is 10.0 Å². The average Bonchev–Trinajstić information content (AvgIpc) is 2.61. The molecule has 0 radical (unpaired) electrons. The first-order chi connectivity index (χ1) is 12.2. The van der Waals surface area contributed by atoms with Gasteiger partial charge in [-0.2, -0.15) is 0 Å². The first kappa shape index (κ1) is 19.3. The molecule has 26 heavy (non-hydrogen) atoms. The van der Waals surface area contributed by atoms with Gasteiger partial charge in [-0.05, 0) is 37.4 Å². The third-order valence-electron chi connectivity index (χ3n) is 3.61. The summed E-state index contributed by atoms with van der Waals surface area (Å²) in [4.78, 5) is 24.7. The molecule has 0 atom stereocenters. The Kier molecular flexibility index (Phi) is 5.58. The van der Waals surface area contributed by atoms with Crippen LogP contribution in [0.2, 0.25) is 0 Å². The SMILES string of the molecule is CNS(=O)(=O)c1ccc(NC(=O)c2cc([N+](=O)[O-])ccc2N(C)C)cc1. The largest absolute Gasteiger partial charge is 0.377 e. The molecule has 2 rings (SSSR count). The first-order valence-corrected chi connectivity index (χ1v) is 8.95. The van der Waals surface area contributed by atoms with E-state index in [4.69, 9.17) is 0 Å². The number of hydrogen-bond acceptors (Lipinski definition) is 6. The second-order valence-corrected chi connectivity index (χ2v) is 7.43. The van der Waals surface area contributed by atoms with Gasteiger partial charge in [-0.3, -0.25) is 14.9 Å². The number of nitrogens with zero attached hydrogens (tertiary/aromatic N) is 2. The fraction of sp³-hybridized carbons (Fsp3) is 0.188. The summed E-state index contributed by atoms with van der Waals surface area (Å²) in [6.45, 7) is 0. The molecule has 0 spiro atoms. The van der Waals surface area contributed by atoms with Gasteiger partial charge in [0.25, 0.3) is 11.6 Å². The standard InChI is InChI=1S/C16H18N4O5S/c1-17-26(24,25)13-7-4-11(5-8-13)18-16(21)14-10-12(20(22)23)6-9-15(14)19(2)3/h4-10,17H,1-3H3,(H,18,21). The summed E-state index contributed by atoms with van der Waals surface area (Å²) in [5.74, 6) is -0.540. The van der Waals surface area contributed by atoms with Crippen LogP contribution >= 0.6 is 0 Å². The van der Waals surface area contributed by atoms with Crippen LogP contribution in [0.3, 0.4) is 0 Å². The molecule has 0 heterocycles. The highest BCUT2D eigenvalue weighted by atomic mass is 32.2. The van der Waals surface area contributed by atoms with Crippen molar-refractivity contribution in [2.75, 3.05) is 31.4 Å². The van der Waals surface area contributed by atoms with E-state index in [0.717, 1.165) is 0 Å². The van der Waals surface area contributed by atoms with Gasteiger partial charge in [-0.1, -0.05) is 0 Å². The summed E-state index contributed by atoms with van der Waals surface area (Å²) in [5, 5.41) is 13.6. The van der Waals surface area contributed by atoms with E-state index in [9.17, 15) is 23.3 Å². The van der Waals surface area contributed by atoms with Crippen molar-refractivity contribution in [3.63, 3.8) is 0 Å². The van der Waals surface area contributed by atoms with Gasteiger partial charge in [-0.15, -0.1) is 0 Å². The van der Waals surface area contributed by atoms with E-state index in [0.29, 0.717) is 11.4 Å². The van der Waals surface area contributed by atoms with Crippen LogP contribution in [0.15, 0.2) is 47.4 Å². The molecule has 9 nitrogen and oxygen atoms in total. The number of rotatable bonds is 6. The Hall–Kier alpha value is -2.98. The van der Waals surface area contributed by atoms with Gasteiger partial charge < -0.3 is 10.2 Å². The maximum absolute atomic E-state index is 12.6. The molecule has 0 bridgehead atoms. The fourth-order valence-electron chi connectivity index (χ4n) is 2.24. The maximum Gasteiger partial charge on any atom is 0.270 e. The van der Waals surface area contributed by atoms with Crippen molar-refractivity contribution < 1.29 is 18.1 Å². The number of nitrogens with one attached hydrogen (secondary N) is 2. The molecule has 0 aliphatic rings. The summed E-state index contributed by atoms with van der Waals surface area (Å²) < 4.78 is 25.6. The lowest BCUT2D eigenvalue weighted by Gasteiger charge is -2.17. The number of carbonyl (C=O) groups is 1. The Balaban J connectivity index is 2.32. The zero-order chi connectivity index (χ0) is 19.5. The van der Waals surface area contributed by atoms with Crippen LogP contribution in [-0.4, -0.2) is 40.4 Å². The van der Waals surface area contributed by atoms with Crippen LogP contribution in [0.1, 0.15) is 10.4 Å². The van der Waals surface area contributed by atoms with E-state index in [2.05, 4.69) is 10.0 Å². The third-order valence-corrected chi connectivity index (χ3v) is 5.04. The minimum absolute atomic E-state index is 0.0577. The third kappa shape index (κ3) is 4.16. The van der Waals surface area contributed by atoms with Crippen molar-refractivity contribution in [2.45, 2.75) is 4.90 Å². The lowest BCUT2D eigenvalue weighted by Crippen LogP contribution is -2.19. The van der Waals surface area contributed by atoms with E-state index in [1.54, 1.807) is 19.0 Å². The van der Waals surface area contributed by atoms with Crippen LogP contribution in [0.4, 0.5) is 17.1 Å². The average molecular weight is 378 g/mol. The molecule has 0 saturated carbocycles. The normalized spacial score (nSPS) is 11.0. The van der Waals surface area contributed by atoms with Crippen molar-refractivity contribution >= 4 is 33.0 Å². The van der Waals surface area contributed by atoms with Gasteiger partial charge >= 0.3 is 0 Å². The maximum atomic E-state index is 12.6. The molecule has 0 aromatic heterocycles. The Labute approximate surface area is 150 Å². The number of benzene rings is 2. The van der Waals surface area contributed by atoms with E-state index in [-0.39, 0.29) is 16.1 Å². The molecule has 0 fully saturated rings. The predicted octanol–water partition coefficient (Wildman–Crippen LogP) is 1.82. The molecule has 2 aromatic rings. The highest BCUT2D eigenvalue weighted by Gasteiger charge is 2.18. The van der Waals surface area contributed by atoms with E-state index >= 15 is 0 Å². The van der Waals surface area contributed by atoms with E-state index in [1.807, 2.05) is 0 Å². The molecule has 2 aromatic carbocycles. The van der Waals surface area contributed by atoms with Gasteiger partial charge in [-0.25, -0.2) is 13.1 Å². The van der Waals surface area contributed by atoms with Gasteiger partial charge in [0.1, 0.15) is 0 Å². The summed E-state index contributed by atoms with van der Waals surface area (Å²) >= 11 is 0. The summed E-state index contributed by atoms with van der Waals surface area (Å²) in [5.41, 5.74) is 0.816. The number of hydrogen-bond donors (Lipinski definition) is 2. The van der Waals surface area contributed by atoms with Crippen LogP contribution in [0.25, 0.3) is 0 Å². The fourth-order valence-corrected chi connectivity index (χ4v) is 2.97. The number of non-ortho nitro benzene ring substituents is 1.